The average molecular weight is 321 g/mol. The summed E-state index contributed by atoms with van der Waals surface area (Å²) in [6.45, 7) is 0. The van der Waals surface area contributed by atoms with Gasteiger partial charge < -0.3 is 5.11 Å². The van der Waals surface area contributed by atoms with Crippen LogP contribution in [0.5, 0.6) is 0 Å². The number of anilines is 1. The summed E-state index contributed by atoms with van der Waals surface area (Å²) in [7, 11) is -3.89. The molecule has 0 aromatic heterocycles. The van der Waals surface area contributed by atoms with Crippen LogP contribution in [0.15, 0.2) is 59.5 Å². The van der Waals surface area contributed by atoms with E-state index in [2.05, 4.69) is 4.72 Å². The lowest BCUT2D eigenvalue weighted by molar-refractivity contribution is -0.131. The zero-order chi connectivity index (χ0) is 16.2. The minimum absolute atomic E-state index is 0.0208. The third-order valence-corrected chi connectivity index (χ3v) is 4.10. The highest BCUT2D eigenvalue weighted by molar-refractivity contribution is 7.92. The van der Waals surface area contributed by atoms with Crippen LogP contribution in [0.4, 0.5) is 10.1 Å². The molecule has 5 nitrogen and oxygen atoms in total. The van der Waals surface area contributed by atoms with E-state index in [1.165, 1.54) is 24.3 Å². The molecule has 0 fully saturated rings. The van der Waals surface area contributed by atoms with Crippen LogP contribution >= 0.6 is 0 Å². The number of benzene rings is 2. The molecule has 7 heteroatoms. The fraction of sp³-hybridized carbons (Fsp3) is 0. The van der Waals surface area contributed by atoms with Crippen LogP contribution in [0.2, 0.25) is 0 Å². The molecule has 0 heterocycles. The summed E-state index contributed by atoms with van der Waals surface area (Å²) in [6.07, 6.45) is 2.03. The first kappa shape index (κ1) is 15.7. The first-order valence-corrected chi connectivity index (χ1v) is 7.65. The lowest BCUT2D eigenvalue weighted by atomic mass is 10.1. The van der Waals surface area contributed by atoms with E-state index in [1.54, 1.807) is 18.2 Å². The number of sulfonamides is 1. The number of nitrogens with one attached hydrogen (secondary N) is 1. The van der Waals surface area contributed by atoms with E-state index < -0.39 is 21.8 Å². The van der Waals surface area contributed by atoms with Crippen LogP contribution in [0.25, 0.3) is 6.08 Å². The van der Waals surface area contributed by atoms with Crippen LogP contribution in [-0.4, -0.2) is 19.5 Å². The summed E-state index contributed by atoms with van der Waals surface area (Å²) >= 11 is 0. The Balaban J connectivity index is 2.40. The van der Waals surface area contributed by atoms with Gasteiger partial charge in [0.2, 0.25) is 0 Å². The predicted molar refractivity (Wildman–Crippen MR) is 80.3 cm³/mol. The van der Waals surface area contributed by atoms with E-state index in [1.807, 2.05) is 0 Å². The van der Waals surface area contributed by atoms with Crippen molar-refractivity contribution in [2.24, 2.45) is 0 Å². The van der Waals surface area contributed by atoms with Crippen molar-refractivity contribution >= 4 is 27.8 Å². The molecule has 0 amide bonds. The highest BCUT2D eigenvalue weighted by Crippen LogP contribution is 2.22. The number of aliphatic carboxylic acids is 1. The Kier molecular flexibility index (Phi) is 4.57. The Hall–Kier alpha value is -2.67. The molecule has 0 unspecified atom stereocenters. The van der Waals surface area contributed by atoms with Crippen molar-refractivity contribution in [3.05, 3.63) is 66.0 Å². The van der Waals surface area contributed by atoms with E-state index in [0.29, 0.717) is 0 Å². The number of carboxylic acid groups (broad SMARTS) is 1. The molecule has 0 saturated carbocycles. The summed E-state index contributed by atoms with van der Waals surface area (Å²) in [4.78, 5) is 10.6. The zero-order valence-corrected chi connectivity index (χ0v) is 12.0. The number of carboxylic acids is 1. The van der Waals surface area contributed by atoms with Crippen molar-refractivity contribution in [2.45, 2.75) is 4.90 Å². The number of hydrogen-bond acceptors (Lipinski definition) is 3. The minimum atomic E-state index is -3.89. The molecule has 114 valence electrons. The molecular formula is C15H12FNO4S. The van der Waals surface area contributed by atoms with Gasteiger partial charge in [-0.15, -0.1) is 0 Å². The van der Waals surface area contributed by atoms with Gasteiger partial charge in [-0.2, -0.15) is 0 Å². The van der Waals surface area contributed by atoms with Crippen molar-refractivity contribution in [3.8, 4) is 0 Å². The average Bonchev–Trinajstić information content (AvgIpc) is 2.47. The monoisotopic (exact) mass is 321 g/mol. The smallest absolute Gasteiger partial charge is 0.328 e. The van der Waals surface area contributed by atoms with Gasteiger partial charge >= 0.3 is 5.97 Å². The normalized spacial score (nSPS) is 11.5. The maximum atomic E-state index is 13.3. The maximum Gasteiger partial charge on any atom is 0.328 e. The number of halogens is 1. The van der Waals surface area contributed by atoms with Crippen LogP contribution in [0, 0.1) is 5.82 Å². The zero-order valence-electron chi connectivity index (χ0n) is 11.2. The highest BCUT2D eigenvalue weighted by Gasteiger charge is 2.15. The second-order valence-corrected chi connectivity index (χ2v) is 6.00. The van der Waals surface area contributed by atoms with Gasteiger partial charge in [-0.1, -0.05) is 18.2 Å². The number of rotatable bonds is 5. The lowest BCUT2D eigenvalue weighted by Crippen LogP contribution is -2.13. The van der Waals surface area contributed by atoms with Crippen molar-refractivity contribution in [3.63, 3.8) is 0 Å². The largest absolute Gasteiger partial charge is 0.478 e. The maximum absolute atomic E-state index is 13.3. The molecule has 2 N–H and O–H groups in total. The molecule has 0 aliphatic heterocycles. The van der Waals surface area contributed by atoms with Crippen molar-refractivity contribution in [2.75, 3.05) is 4.72 Å². The third kappa shape index (κ3) is 3.92. The van der Waals surface area contributed by atoms with Crippen molar-refractivity contribution < 1.29 is 22.7 Å². The van der Waals surface area contributed by atoms with Gasteiger partial charge in [-0.25, -0.2) is 17.6 Å². The Labute approximate surface area is 126 Å². The molecule has 0 saturated heterocycles. The second-order valence-electron chi connectivity index (χ2n) is 4.32. The molecule has 0 aliphatic rings. The van der Waals surface area contributed by atoms with E-state index >= 15 is 0 Å². The van der Waals surface area contributed by atoms with Gasteiger partial charge in [0.15, 0.2) is 0 Å². The number of carbonyl (C=O) groups is 1. The standard InChI is InChI=1S/C15H12FNO4S/c16-12-8-6-11(7-9-15(18)19)14(10-12)17-22(20,21)13-4-2-1-3-5-13/h1-10,17H,(H,18,19)/b9-7+. The Morgan fingerprint density at radius 3 is 2.45 bits per heavy atom. The van der Waals surface area contributed by atoms with Gasteiger partial charge in [-0.05, 0) is 42.0 Å². The molecule has 0 atom stereocenters. The van der Waals surface area contributed by atoms with E-state index in [4.69, 9.17) is 5.11 Å². The molecular weight excluding hydrogens is 309 g/mol. The van der Waals surface area contributed by atoms with Gasteiger partial charge in [0, 0.05) is 6.08 Å². The summed E-state index contributed by atoms with van der Waals surface area (Å²) in [6, 6.07) is 11.0. The molecule has 2 aromatic carbocycles. The summed E-state index contributed by atoms with van der Waals surface area (Å²) in [5.74, 6) is -1.83. The summed E-state index contributed by atoms with van der Waals surface area (Å²) in [5, 5.41) is 8.63. The molecule has 2 aromatic rings. The fourth-order valence-corrected chi connectivity index (χ4v) is 2.83. The van der Waals surface area contributed by atoms with E-state index in [-0.39, 0.29) is 16.1 Å². The SMILES string of the molecule is O=C(O)/C=C/c1ccc(F)cc1NS(=O)(=O)c1ccccc1. The van der Waals surface area contributed by atoms with Gasteiger partial charge in [-0.3, -0.25) is 4.72 Å². The molecule has 0 spiro atoms. The number of hydrogen-bond donors (Lipinski definition) is 2. The summed E-state index contributed by atoms with van der Waals surface area (Å²) < 4.78 is 40.1. The first-order valence-electron chi connectivity index (χ1n) is 6.17. The first-order chi connectivity index (χ1) is 10.4. The molecule has 2 rings (SSSR count). The Morgan fingerprint density at radius 2 is 1.82 bits per heavy atom. The minimum Gasteiger partial charge on any atom is -0.478 e. The highest BCUT2D eigenvalue weighted by atomic mass is 32.2. The molecule has 22 heavy (non-hydrogen) atoms. The molecule has 0 aliphatic carbocycles. The fourth-order valence-electron chi connectivity index (χ4n) is 1.73. The van der Waals surface area contributed by atoms with Gasteiger partial charge in [0.1, 0.15) is 5.82 Å². The van der Waals surface area contributed by atoms with Gasteiger partial charge in [0.25, 0.3) is 10.0 Å². The van der Waals surface area contributed by atoms with Crippen LogP contribution in [0.3, 0.4) is 0 Å². The van der Waals surface area contributed by atoms with Crippen LogP contribution < -0.4 is 4.72 Å². The molecule has 0 bridgehead atoms. The quantitative estimate of drug-likeness (QED) is 0.829. The topological polar surface area (TPSA) is 83.5 Å². The van der Waals surface area contributed by atoms with Crippen LogP contribution in [0.1, 0.15) is 5.56 Å². The van der Waals surface area contributed by atoms with E-state index in [9.17, 15) is 17.6 Å². The Bertz CT molecular complexity index is 817. The van der Waals surface area contributed by atoms with Crippen molar-refractivity contribution in [1.29, 1.82) is 0 Å². The second kappa shape index (κ2) is 6.40. The summed E-state index contributed by atoms with van der Waals surface area (Å²) in [5.41, 5.74) is 0.199. The Morgan fingerprint density at radius 1 is 1.14 bits per heavy atom. The van der Waals surface area contributed by atoms with Crippen molar-refractivity contribution in [1.82, 2.24) is 0 Å². The third-order valence-electron chi connectivity index (χ3n) is 2.72. The molecule has 0 radical (unpaired) electrons. The van der Waals surface area contributed by atoms with Gasteiger partial charge in [0.05, 0.1) is 10.6 Å². The van der Waals surface area contributed by atoms with E-state index in [0.717, 1.165) is 18.2 Å². The lowest BCUT2D eigenvalue weighted by Gasteiger charge is -2.11. The predicted octanol–water partition coefficient (Wildman–Crippen LogP) is 2.72. The van der Waals surface area contributed by atoms with Crippen LogP contribution in [-0.2, 0) is 14.8 Å².